The number of nitro groups is 1. The van der Waals surface area contributed by atoms with Crippen LogP contribution in [0.25, 0.3) is 0 Å². The monoisotopic (exact) mass is 407 g/mol. The summed E-state index contributed by atoms with van der Waals surface area (Å²) >= 11 is 0. The smallest absolute Gasteiger partial charge is 0.339 e. The number of hydrogen-bond acceptors (Lipinski definition) is 6. The summed E-state index contributed by atoms with van der Waals surface area (Å²) < 4.78 is 6.03. The van der Waals surface area contributed by atoms with E-state index in [2.05, 4.69) is 5.32 Å². The number of anilines is 1. The summed E-state index contributed by atoms with van der Waals surface area (Å²) in [4.78, 5) is 46.9. The minimum Gasteiger partial charge on any atom is -0.465 e. The molecule has 0 bridgehead atoms. The average Bonchev–Trinajstić information content (AvgIpc) is 2.75. The molecule has 2 aromatic carbocycles. The van der Waals surface area contributed by atoms with Gasteiger partial charge in [-0.15, -0.1) is 0 Å². The third-order valence-corrected chi connectivity index (χ3v) is 4.33. The van der Waals surface area contributed by atoms with Crippen molar-refractivity contribution in [3.05, 3.63) is 104 Å². The average molecular weight is 407 g/mol. The Morgan fingerprint density at radius 1 is 1.07 bits per heavy atom. The zero-order chi connectivity index (χ0) is 21.7. The molecule has 0 saturated carbocycles. The van der Waals surface area contributed by atoms with Crippen LogP contribution in [0.3, 0.4) is 0 Å². The Morgan fingerprint density at radius 3 is 2.43 bits per heavy atom. The Bertz CT molecular complexity index is 1170. The zero-order valence-electron chi connectivity index (χ0n) is 15.9. The summed E-state index contributed by atoms with van der Waals surface area (Å²) in [5.74, 6) is -1.10. The number of non-ortho nitro benzene ring substituents is 1. The number of esters is 1. The van der Waals surface area contributed by atoms with Crippen LogP contribution in [0.5, 0.6) is 0 Å². The lowest BCUT2D eigenvalue weighted by molar-refractivity contribution is -0.384. The summed E-state index contributed by atoms with van der Waals surface area (Å²) in [6.07, 6.45) is 1.39. The number of methoxy groups -OCH3 is 1. The first kappa shape index (κ1) is 20.5. The Labute approximate surface area is 170 Å². The maximum absolute atomic E-state index is 12.7. The van der Waals surface area contributed by atoms with Crippen LogP contribution in [0.1, 0.15) is 26.3 Å². The Kier molecular flexibility index (Phi) is 6.02. The standard InChI is InChI=1S/C21H17N3O6/c1-30-21(27)17-4-2-3-5-18(17)22-20(26)15-8-11-19(25)23(13-15)12-14-6-9-16(10-7-14)24(28)29/h2-11,13H,12H2,1H3,(H,22,26). The number of nitrogens with one attached hydrogen (secondary N) is 1. The second-order valence-electron chi connectivity index (χ2n) is 6.30. The number of rotatable bonds is 6. The minimum absolute atomic E-state index is 0.0523. The second-order valence-corrected chi connectivity index (χ2v) is 6.30. The number of carbonyl (C=O) groups is 2. The number of para-hydroxylation sites is 1. The number of benzene rings is 2. The maximum atomic E-state index is 12.7. The molecule has 1 amide bonds. The van der Waals surface area contributed by atoms with Gasteiger partial charge in [-0.3, -0.25) is 19.7 Å². The predicted octanol–water partition coefficient (Wildman–Crippen LogP) is 2.84. The van der Waals surface area contributed by atoms with Crippen LogP contribution in [-0.4, -0.2) is 28.5 Å². The van der Waals surface area contributed by atoms with Gasteiger partial charge in [0.2, 0.25) is 0 Å². The maximum Gasteiger partial charge on any atom is 0.339 e. The van der Waals surface area contributed by atoms with E-state index in [1.807, 2.05) is 0 Å². The fraction of sp³-hybridized carbons (Fsp3) is 0.0952. The molecular weight excluding hydrogens is 390 g/mol. The molecule has 9 nitrogen and oxygen atoms in total. The molecule has 3 aromatic rings. The summed E-state index contributed by atoms with van der Waals surface area (Å²) in [5, 5.41) is 13.4. The highest BCUT2D eigenvalue weighted by Gasteiger charge is 2.15. The van der Waals surface area contributed by atoms with Gasteiger partial charge in [0.05, 0.1) is 35.4 Å². The fourth-order valence-corrected chi connectivity index (χ4v) is 2.78. The summed E-state index contributed by atoms with van der Waals surface area (Å²) in [6.45, 7) is 0.136. The number of ether oxygens (including phenoxy) is 1. The van der Waals surface area contributed by atoms with Crippen LogP contribution in [0.2, 0.25) is 0 Å². The second kappa shape index (κ2) is 8.82. The molecule has 0 spiro atoms. The van der Waals surface area contributed by atoms with Crippen LogP contribution in [0, 0.1) is 10.1 Å². The van der Waals surface area contributed by atoms with Gasteiger partial charge in [0, 0.05) is 24.4 Å². The number of carbonyl (C=O) groups excluding carboxylic acids is 2. The molecule has 9 heteroatoms. The van der Waals surface area contributed by atoms with Crippen LogP contribution in [-0.2, 0) is 11.3 Å². The van der Waals surface area contributed by atoms with E-state index in [0.29, 0.717) is 5.56 Å². The van der Waals surface area contributed by atoms with Gasteiger partial charge >= 0.3 is 5.97 Å². The molecule has 1 aromatic heterocycles. The molecule has 0 aliphatic carbocycles. The first-order valence-electron chi connectivity index (χ1n) is 8.81. The Hall–Kier alpha value is -4.27. The molecule has 0 saturated heterocycles. The lowest BCUT2D eigenvalue weighted by atomic mass is 10.1. The number of pyridine rings is 1. The molecular formula is C21H17N3O6. The van der Waals surface area contributed by atoms with Crippen molar-refractivity contribution in [2.45, 2.75) is 6.54 Å². The highest BCUT2D eigenvalue weighted by molar-refractivity contribution is 6.07. The largest absolute Gasteiger partial charge is 0.465 e. The summed E-state index contributed by atoms with van der Waals surface area (Å²) in [7, 11) is 1.25. The summed E-state index contributed by atoms with van der Waals surface area (Å²) in [5.41, 5.74) is 0.964. The fourth-order valence-electron chi connectivity index (χ4n) is 2.78. The van der Waals surface area contributed by atoms with E-state index in [4.69, 9.17) is 4.74 Å². The van der Waals surface area contributed by atoms with E-state index in [9.17, 15) is 24.5 Å². The van der Waals surface area contributed by atoms with Crippen LogP contribution < -0.4 is 10.9 Å². The zero-order valence-corrected chi connectivity index (χ0v) is 15.9. The van der Waals surface area contributed by atoms with Gasteiger partial charge in [0.1, 0.15) is 0 Å². The highest BCUT2D eigenvalue weighted by Crippen LogP contribution is 2.17. The molecule has 0 fully saturated rings. The lowest BCUT2D eigenvalue weighted by Gasteiger charge is -2.11. The normalized spacial score (nSPS) is 10.3. The molecule has 0 atom stereocenters. The molecule has 0 aliphatic heterocycles. The minimum atomic E-state index is -0.589. The van der Waals surface area contributed by atoms with Crippen molar-refractivity contribution < 1.29 is 19.2 Å². The SMILES string of the molecule is COC(=O)c1ccccc1NC(=O)c1ccc(=O)n(Cc2ccc([N+](=O)[O-])cc2)c1. The predicted molar refractivity (Wildman–Crippen MR) is 109 cm³/mol. The number of amides is 1. The Balaban J connectivity index is 1.83. The van der Waals surface area contributed by atoms with E-state index in [-0.39, 0.29) is 34.6 Å². The molecule has 0 radical (unpaired) electrons. The van der Waals surface area contributed by atoms with Gasteiger partial charge in [-0.25, -0.2) is 4.79 Å². The number of nitro benzene ring substituents is 1. The van der Waals surface area contributed by atoms with Crippen molar-refractivity contribution in [3.8, 4) is 0 Å². The molecule has 30 heavy (non-hydrogen) atoms. The van der Waals surface area contributed by atoms with Gasteiger partial charge in [0.25, 0.3) is 17.2 Å². The quantitative estimate of drug-likeness (QED) is 0.381. The van der Waals surface area contributed by atoms with E-state index >= 15 is 0 Å². The van der Waals surface area contributed by atoms with Crippen LogP contribution in [0.15, 0.2) is 71.7 Å². The van der Waals surface area contributed by atoms with E-state index in [1.165, 1.54) is 48.2 Å². The van der Waals surface area contributed by atoms with Gasteiger partial charge in [0.15, 0.2) is 0 Å². The molecule has 1 N–H and O–H groups in total. The van der Waals surface area contributed by atoms with E-state index in [0.717, 1.165) is 0 Å². The first-order valence-corrected chi connectivity index (χ1v) is 8.81. The Morgan fingerprint density at radius 2 is 1.77 bits per heavy atom. The van der Waals surface area contributed by atoms with Gasteiger partial charge in [-0.1, -0.05) is 24.3 Å². The third-order valence-electron chi connectivity index (χ3n) is 4.33. The summed E-state index contributed by atoms with van der Waals surface area (Å²) in [6, 6.07) is 14.8. The molecule has 3 rings (SSSR count). The van der Waals surface area contributed by atoms with Crippen LogP contribution in [0.4, 0.5) is 11.4 Å². The molecule has 152 valence electrons. The lowest BCUT2D eigenvalue weighted by Crippen LogP contribution is -2.23. The molecule has 0 unspecified atom stereocenters. The van der Waals surface area contributed by atoms with Gasteiger partial charge < -0.3 is 14.6 Å². The first-order chi connectivity index (χ1) is 14.4. The molecule has 1 heterocycles. The number of hydrogen-bond donors (Lipinski definition) is 1. The van der Waals surface area contributed by atoms with Gasteiger partial charge in [-0.05, 0) is 23.8 Å². The third kappa shape index (κ3) is 4.58. The van der Waals surface area contributed by atoms with Crippen molar-refractivity contribution in [1.82, 2.24) is 4.57 Å². The van der Waals surface area contributed by atoms with Crippen molar-refractivity contribution in [1.29, 1.82) is 0 Å². The molecule has 0 aliphatic rings. The topological polar surface area (TPSA) is 121 Å². The van der Waals surface area contributed by atoms with Gasteiger partial charge in [-0.2, -0.15) is 0 Å². The van der Waals surface area contributed by atoms with Crippen molar-refractivity contribution in [3.63, 3.8) is 0 Å². The number of nitrogens with zero attached hydrogens (tertiary/aromatic N) is 2. The van der Waals surface area contributed by atoms with Crippen LogP contribution >= 0.6 is 0 Å². The van der Waals surface area contributed by atoms with Crippen molar-refractivity contribution in [2.24, 2.45) is 0 Å². The van der Waals surface area contributed by atoms with Crippen molar-refractivity contribution in [2.75, 3.05) is 12.4 Å². The van der Waals surface area contributed by atoms with E-state index in [1.54, 1.807) is 30.3 Å². The highest BCUT2D eigenvalue weighted by atomic mass is 16.6. The van der Waals surface area contributed by atoms with Crippen molar-refractivity contribution >= 4 is 23.3 Å². The number of aromatic nitrogens is 1. The van der Waals surface area contributed by atoms with E-state index < -0.39 is 16.8 Å².